The molecule has 0 spiro atoms. The van der Waals surface area contributed by atoms with Crippen LogP contribution in [0.2, 0.25) is 0 Å². The molecule has 0 aromatic heterocycles. The summed E-state index contributed by atoms with van der Waals surface area (Å²) in [5.41, 5.74) is 7.35. The number of hydrogen-bond donors (Lipinski definition) is 3. The second-order valence-electron chi connectivity index (χ2n) is 6.30. The first-order valence-electron chi connectivity index (χ1n) is 8.27. The topological polar surface area (TPSA) is 76.4 Å². The Hall–Kier alpha value is -2.67. The summed E-state index contributed by atoms with van der Waals surface area (Å²) in [6, 6.07) is 13.1. The molecule has 0 bridgehead atoms. The molecule has 3 atom stereocenters. The molecular formula is C19H20FN3O2S. The summed E-state index contributed by atoms with van der Waals surface area (Å²) in [6.07, 6.45) is 0. The van der Waals surface area contributed by atoms with Gasteiger partial charge in [0.2, 0.25) is 5.91 Å². The number of rotatable bonds is 5. The van der Waals surface area contributed by atoms with E-state index in [1.54, 1.807) is 12.1 Å². The Morgan fingerprint density at radius 2 is 1.81 bits per heavy atom. The van der Waals surface area contributed by atoms with Crippen LogP contribution in [0.15, 0.2) is 48.5 Å². The number of halogens is 1. The molecule has 1 aliphatic rings. The van der Waals surface area contributed by atoms with Crippen molar-refractivity contribution in [1.82, 2.24) is 10.6 Å². The van der Waals surface area contributed by atoms with Gasteiger partial charge in [-0.25, -0.2) is 4.39 Å². The fraction of sp³-hybridized carbons (Fsp3) is 0.263. The van der Waals surface area contributed by atoms with Crippen molar-refractivity contribution in [3.8, 4) is 5.75 Å². The van der Waals surface area contributed by atoms with E-state index in [0.717, 1.165) is 11.1 Å². The summed E-state index contributed by atoms with van der Waals surface area (Å²) in [6.45, 7) is 2.23. The molecule has 5 nitrogen and oxygen atoms in total. The third-order valence-electron chi connectivity index (χ3n) is 4.43. The Balaban J connectivity index is 1.70. The van der Waals surface area contributed by atoms with Crippen LogP contribution in [-0.2, 0) is 11.4 Å². The molecular weight excluding hydrogens is 353 g/mol. The summed E-state index contributed by atoms with van der Waals surface area (Å²) in [4.78, 5) is 11.9. The molecule has 1 saturated heterocycles. The van der Waals surface area contributed by atoms with Gasteiger partial charge in [-0.15, -0.1) is 0 Å². The highest BCUT2D eigenvalue weighted by atomic mass is 32.1. The number of ether oxygens (including phenoxy) is 1. The molecule has 3 rings (SSSR count). The lowest BCUT2D eigenvalue weighted by Gasteiger charge is -2.37. The molecule has 136 valence electrons. The van der Waals surface area contributed by atoms with E-state index >= 15 is 0 Å². The third-order valence-corrected chi connectivity index (χ3v) is 4.67. The first kappa shape index (κ1) is 18.1. The zero-order chi connectivity index (χ0) is 18.7. The van der Waals surface area contributed by atoms with E-state index in [1.807, 2.05) is 31.2 Å². The number of carbonyl (C=O) groups excluding carboxylic acids is 1. The van der Waals surface area contributed by atoms with E-state index in [4.69, 9.17) is 22.7 Å². The van der Waals surface area contributed by atoms with Crippen LogP contribution in [0.3, 0.4) is 0 Å². The minimum Gasteiger partial charge on any atom is -0.489 e. The molecule has 2 aromatic carbocycles. The average Bonchev–Trinajstić information content (AvgIpc) is 2.60. The summed E-state index contributed by atoms with van der Waals surface area (Å²) in [7, 11) is 0. The number of hydrogen-bond acceptors (Lipinski definition) is 3. The molecule has 0 unspecified atom stereocenters. The van der Waals surface area contributed by atoms with Crippen molar-refractivity contribution >= 4 is 23.2 Å². The maximum Gasteiger partial charge on any atom is 0.225 e. The molecule has 1 heterocycles. The standard InChI is InChI=1S/C19H20FN3O2S/c1-11-16(18(21)24)17(23-19(26)22-11)13-4-8-15(9-5-13)25-10-12-2-6-14(20)7-3-12/h2-9,11,16-17H,10H2,1H3,(H2,21,24)(H2,22,23,26)/t11-,16+,17-/m1/s1. The van der Waals surface area contributed by atoms with Crippen molar-refractivity contribution in [2.45, 2.75) is 25.6 Å². The van der Waals surface area contributed by atoms with Gasteiger partial charge in [0.25, 0.3) is 0 Å². The molecule has 1 aliphatic heterocycles. The van der Waals surface area contributed by atoms with Gasteiger partial charge in [-0.1, -0.05) is 24.3 Å². The quantitative estimate of drug-likeness (QED) is 0.702. The Bertz CT molecular complexity index is 795. The Kier molecular flexibility index (Phi) is 5.37. The van der Waals surface area contributed by atoms with Gasteiger partial charge in [-0.2, -0.15) is 0 Å². The predicted octanol–water partition coefficient (Wildman–Crippen LogP) is 2.41. The van der Waals surface area contributed by atoms with Gasteiger partial charge in [0.1, 0.15) is 18.2 Å². The second kappa shape index (κ2) is 7.70. The molecule has 7 heteroatoms. The molecule has 1 amide bonds. The van der Waals surface area contributed by atoms with Gasteiger partial charge < -0.3 is 21.1 Å². The lowest BCUT2D eigenvalue weighted by Crippen LogP contribution is -2.58. The van der Waals surface area contributed by atoms with Gasteiger partial charge >= 0.3 is 0 Å². The van der Waals surface area contributed by atoms with Gasteiger partial charge in [-0.05, 0) is 54.5 Å². The molecule has 4 N–H and O–H groups in total. The summed E-state index contributed by atoms with van der Waals surface area (Å²) >= 11 is 5.20. The number of nitrogens with one attached hydrogen (secondary N) is 2. The van der Waals surface area contributed by atoms with Crippen LogP contribution < -0.4 is 21.1 Å². The molecule has 2 aromatic rings. The highest BCUT2D eigenvalue weighted by molar-refractivity contribution is 7.80. The van der Waals surface area contributed by atoms with E-state index in [0.29, 0.717) is 17.5 Å². The predicted molar refractivity (Wildman–Crippen MR) is 101 cm³/mol. The van der Waals surface area contributed by atoms with Crippen molar-refractivity contribution < 1.29 is 13.9 Å². The van der Waals surface area contributed by atoms with Crippen molar-refractivity contribution in [2.75, 3.05) is 0 Å². The van der Waals surface area contributed by atoms with Gasteiger partial charge in [0.05, 0.1) is 12.0 Å². The van der Waals surface area contributed by atoms with E-state index < -0.39 is 5.92 Å². The van der Waals surface area contributed by atoms with E-state index in [2.05, 4.69) is 10.6 Å². The molecule has 0 radical (unpaired) electrons. The normalized spacial score (nSPS) is 22.2. The van der Waals surface area contributed by atoms with Gasteiger partial charge in [-0.3, -0.25) is 4.79 Å². The highest BCUT2D eigenvalue weighted by Gasteiger charge is 2.37. The number of carbonyl (C=O) groups is 1. The largest absolute Gasteiger partial charge is 0.489 e. The number of amides is 1. The van der Waals surface area contributed by atoms with Crippen LogP contribution in [0.4, 0.5) is 4.39 Å². The zero-order valence-corrected chi connectivity index (χ0v) is 15.1. The number of benzene rings is 2. The van der Waals surface area contributed by atoms with E-state index in [1.165, 1.54) is 12.1 Å². The second-order valence-corrected chi connectivity index (χ2v) is 6.70. The van der Waals surface area contributed by atoms with Gasteiger partial charge in [0, 0.05) is 6.04 Å². The zero-order valence-electron chi connectivity index (χ0n) is 14.2. The Morgan fingerprint density at radius 1 is 1.15 bits per heavy atom. The summed E-state index contributed by atoms with van der Waals surface area (Å²) in [5, 5.41) is 6.65. The summed E-state index contributed by atoms with van der Waals surface area (Å²) < 4.78 is 18.6. The van der Waals surface area contributed by atoms with Gasteiger partial charge in [0.15, 0.2) is 5.11 Å². The maximum atomic E-state index is 12.9. The van der Waals surface area contributed by atoms with E-state index in [9.17, 15) is 9.18 Å². The molecule has 26 heavy (non-hydrogen) atoms. The third kappa shape index (κ3) is 4.11. The van der Waals surface area contributed by atoms with Crippen molar-refractivity contribution in [3.63, 3.8) is 0 Å². The molecule has 0 aliphatic carbocycles. The SMILES string of the molecule is C[C@H]1NC(=S)N[C@H](c2ccc(OCc3ccc(F)cc3)cc2)[C@H]1C(N)=O. The molecule has 0 saturated carbocycles. The summed E-state index contributed by atoms with van der Waals surface area (Å²) in [5.74, 6) is -0.406. The van der Waals surface area contributed by atoms with Crippen LogP contribution in [0, 0.1) is 11.7 Å². The van der Waals surface area contributed by atoms with Crippen LogP contribution in [0.1, 0.15) is 24.1 Å². The van der Waals surface area contributed by atoms with E-state index in [-0.39, 0.29) is 23.8 Å². The first-order valence-corrected chi connectivity index (χ1v) is 8.68. The van der Waals surface area contributed by atoms with Crippen molar-refractivity contribution in [3.05, 3.63) is 65.5 Å². The minimum absolute atomic E-state index is 0.152. The minimum atomic E-state index is -0.423. The Labute approximate surface area is 156 Å². The molecule has 1 fully saturated rings. The fourth-order valence-corrected chi connectivity index (χ4v) is 3.39. The smallest absolute Gasteiger partial charge is 0.225 e. The monoisotopic (exact) mass is 373 g/mol. The van der Waals surface area contributed by atoms with Crippen molar-refractivity contribution in [2.24, 2.45) is 11.7 Å². The Morgan fingerprint density at radius 3 is 2.42 bits per heavy atom. The average molecular weight is 373 g/mol. The first-order chi connectivity index (χ1) is 12.4. The van der Waals surface area contributed by atoms with Crippen LogP contribution >= 0.6 is 12.2 Å². The lowest BCUT2D eigenvalue weighted by molar-refractivity contribution is -0.123. The van der Waals surface area contributed by atoms with Crippen LogP contribution in [-0.4, -0.2) is 17.1 Å². The number of nitrogens with two attached hydrogens (primary N) is 1. The van der Waals surface area contributed by atoms with Crippen LogP contribution in [0.25, 0.3) is 0 Å². The fourth-order valence-electron chi connectivity index (χ4n) is 3.08. The lowest BCUT2D eigenvalue weighted by atomic mass is 9.85. The van der Waals surface area contributed by atoms with Crippen LogP contribution in [0.5, 0.6) is 5.75 Å². The van der Waals surface area contributed by atoms with Crippen molar-refractivity contribution in [1.29, 1.82) is 0 Å². The number of thiocarbonyl (C=S) groups is 1. The highest BCUT2D eigenvalue weighted by Crippen LogP contribution is 2.29. The maximum absolute atomic E-state index is 12.9. The number of primary amides is 1.